The van der Waals surface area contributed by atoms with E-state index in [0.717, 1.165) is 29.2 Å². The molecule has 0 unspecified atom stereocenters. The quantitative estimate of drug-likeness (QED) is 0.183. The summed E-state index contributed by atoms with van der Waals surface area (Å²) in [4.78, 5) is 10.8. The molecular weight excluding hydrogens is 548 g/mol. The van der Waals surface area contributed by atoms with Crippen LogP contribution in [0.3, 0.4) is 0 Å². The van der Waals surface area contributed by atoms with Crippen molar-refractivity contribution in [3.63, 3.8) is 0 Å². The molecule has 0 aliphatic carbocycles. The molecule has 4 aromatic carbocycles. The number of carboxylic acids is 1. The summed E-state index contributed by atoms with van der Waals surface area (Å²) in [6, 6.07) is 29.2. The highest BCUT2D eigenvalue weighted by molar-refractivity contribution is 7.88. The Kier molecular flexibility index (Phi) is 9.96. The van der Waals surface area contributed by atoms with E-state index < -0.39 is 22.1 Å². The van der Waals surface area contributed by atoms with Gasteiger partial charge in [-0.3, -0.25) is 0 Å². The summed E-state index contributed by atoms with van der Waals surface area (Å²) < 4.78 is 27.8. The zero-order valence-corrected chi connectivity index (χ0v) is 25.0. The molecular formula is C34H38N2O5S. The molecule has 0 bridgehead atoms. The molecule has 3 N–H and O–H groups in total. The Bertz CT molecular complexity index is 1660. The summed E-state index contributed by atoms with van der Waals surface area (Å²) in [6.45, 7) is 4.36. The Balaban J connectivity index is 1.35. The number of sulfonamides is 1. The van der Waals surface area contributed by atoms with Gasteiger partial charge >= 0.3 is 5.97 Å². The molecule has 0 amide bonds. The van der Waals surface area contributed by atoms with Crippen LogP contribution in [0.15, 0.2) is 97.1 Å². The molecule has 0 saturated heterocycles. The van der Waals surface area contributed by atoms with Gasteiger partial charge in [-0.15, -0.1) is 0 Å². The van der Waals surface area contributed by atoms with Gasteiger partial charge in [-0.25, -0.2) is 17.5 Å². The van der Waals surface area contributed by atoms with Crippen molar-refractivity contribution in [1.82, 2.24) is 9.62 Å². The third kappa shape index (κ3) is 8.59. The number of fused-ring (bicyclic) bond motifs is 1. The average Bonchev–Trinajstić information content (AvgIpc) is 2.95. The van der Waals surface area contributed by atoms with Gasteiger partial charge < -0.3 is 15.5 Å². The summed E-state index contributed by atoms with van der Waals surface area (Å²) in [5.74, 6) is -1.24. The van der Waals surface area contributed by atoms with Gasteiger partial charge in [-0.2, -0.15) is 0 Å². The number of aliphatic carboxylic acids is 1. The third-order valence-electron chi connectivity index (χ3n) is 7.21. The van der Waals surface area contributed by atoms with Gasteiger partial charge in [0.15, 0.2) is 0 Å². The van der Waals surface area contributed by atoms with Crippen LogP contribution in [0, 0.1) is 0 Å². The second-order valence-corrected chi connectivity index (χ2v) is 13.3. The van der Waals surface area contributed by atoms with Crippen LogP contribution in [0.25, 0.3) is 28.0 Å². The molecule has 1 atom stereocenters. The Labute approximate surface area is 248 Å². The van der Waals surface area contributed by atoms with E-state index in [4.69, 9.17) is 5.11 Å². The number of carboxylic acid groups (broad SMARTS) is 1. The fourth-order valence-electron chi connectivity index (χ4n) is 4.97. The maximum atomic E-state index is 13.3. The maximum Gasteiger partial charge on any atom is 0.328 e. The first-order valence-electron chi connectivity index (χ1n) is 13.9. The average molecular weight is 587 g/mol. The van der Waals surface area contributed by atoms with Crippen molar-refractivity contribution in [2.75, 3.05) is 20.1 Å². The topological polar surface area (TPSA) is 107 Å². The number of benzene rings is 4. The number of hydrogen-bond acceptors (Lipinski definition) is 5. The van der Waals surface area contributed by atoms with Crippen molar-refractivity contribution in [1.29, 1.82) is 0 Å². The molecule has 0 aromatic heterocycles. The van der Waals surface area contributed by atoms with E-state index in [1.54, 1.807) is 24.3 Å². The number of likely N-dealkylation sites (N-methyl/N-ethyl adjacent to an activating group) is 1. The maximum absolute atomic E-state index is 13.3. The van der Waals surface area contributed by atoms with Crippen molar-refractivity contribution in [2.45, 2.75) is 37.7 Å². The van der Waals surface area contributed by atoms with Crippen LogP contribution in [0.1, 0.15) is 30.5 Å². The number of β-amino-alcohol motifs (C(OH)–C–C–N with tert-alkyl or cyclic N) is 1. The molecule has 0 radical (unpaired) electrons. The zero-order chi connectivity index (χ0) is 30.3. The molecule has 0 aliphatic rings. The van der Waals surface area contributed by atoms with Gasteiger partial charge in [0, 0.05) is 31.8 Å². The first kappa shape index (κ1) is 31.1. The normalized spacial score (nSPS) is 13.2. The minimum atomic E-state index is -3.72. The number of aliphatic hydroxyl groups excluding tert-OH is 1. The van der Waals surface area contributed by atoms with Crippen LogP contribution < -0.4 is 5.32 Å². The molecule has 4 rings (SSSR count). The number of hydrogen-bond donors (Lipinski definition) is 3. The van der Waals surface area contributed by atoms with E-state index in [0.29, 0.717) is 5.56 Å². The van der Waals surface area contributed by atoms with E-state index in [1.165, 1.54) is 33.8 Å². The molecule has 0 saturated carbocycles. The second-order valence-electron chi connectivity index (χ2n) is 11.3. The highest BCUT2D eigenvalue weighted by atomic mass is 32.2. The van der Waals surface area contributed by atoms with Crippen LogP contribution >= 0.6 is 0 Å². The van der Waals surface area contributed by atoms with Gasteiger partial charge in [0.05, 0.1) is 11.9 Å². The Morgan fingerprint density at radius 3 is 2.33 bits per heavy atom. The van der Waals surface area contributed by atoms with Crippen LogP contribution in [-0.2, 0) is 27.0 Å². The molecule has 220 valence electrons. The lowest BCUT2D eigenvalue weighted by molar-refractivity contribution is -0.131. The van der Waals surface area contributed by atoms with Gasteiger partial charge in [0.1, 0.15) is 0 Å². The molecule has 0 fully saturated rings. The van der Waals surface area contributed by atoms with E-state index in [2.05, 4.69) is 49.5 Å². The summed E-state index contributed by atoms with van der Waals surface area (Å²) >= 11 is 0. The Morgan fingerprint density at radius 1 is 0.952 bits per heavy atom. The van der Waals surface area contributed by atoms with Crippen molar-refractivity contribution in [2.24, 2.45) is 0 Å². The fourth-order valence-corrected chi connectivity index (χ4v) is 6.23. The fraction of sp³-hybridized carbons (Fsp3) is 0.265. The van der Waals surface area contributed by atoms with Crippen molar-refractivity contribution >= 4 is 32.8 Å². The third-order valence-corrected chi connectivity index (χ3v) is 8.99. The lowest BCUT2D eigenvalue weighted by Gasteiger charge is -2.29. The van der Waals surface area contributed by atoms with E-state index in [-0.39, 0.29) is 24.4 Å². The number of carbonyl (C=O) groups is 1. The van der Waals surface area contributed by atoms with Gasteiger partial charge in [-0.05, 0) is 64.9 Å². The number of nitrogens with one attached hydrogen (secondary N) is 1. The summed E-state index contributed by atoms with van der Waals surface area (Å²) in [6.07, 6.45) is 2.44. The molecule has 0 heterocycles. The SMILES string of the molecule is CN(C[C@H](O)CNC(C)(C)Cc1ccc2ccccc2c1)S(=O)(=O)Cc1ccccc1-c1ccc(C=CC(=O)O)cc1. The Morgan fingerprint density at radius 2 is 1.62 bits per heavy atom. The van der Waals surface area contributed by atoms with E-state index >= 15 is 0 Å². The highest BCUT2D eigenvalue weighted by Gasteiger charge is 2.25. The van der Waals surface area contributed by atoms with Gasteiger partial charge in [-0.1, -0.05) is 91.0 Å². The van der Waals surface area contributed by atoms with Crippen LogP contribution in [0.5, 0.6) is 0 Å². The lowest BCUT2D eigenvalue weighted by Crippen LogP contribution is -2.47. The standard InChI is InChI=1S/C34H38N2O5S/c1-34(2,21-26-14-16-27-8-4-5-9-29(27)20-26)35-22-31(37)23-36(3)42(40,41)24-30-10-6-7-11-32(30)28-17-12-25(13-18-28)15-19-33(38)39/h4-20,31,35,37H,21-24H2,1-3H3,(H,38,39)/t31-/m1/s1. The lowest BCUT2D eigenvalue weighted by atomic mass is 9.93. The second kappa shape index (κ2) is 13.4. The molecule has 4 aromatic rings. The highest BCUT2D eigenvalue weighted by Crippen LogP contribution is 2.27. The largest absolute Gasteiger partial charge is 0.478 e. The van der Waals surface area contributed by atoms with E-state index in [9.17, 15) is 18.3 Å². The van der Waals surface area contributed by atoms with Crippen LogP contribution in [0.4, 0.5) is 0 Å². The van der Waals surface area contributed by atoms with Gasteiger partial charge in [0.25, 0.3) is 0 Å². The van der Waals surface area contributed by atoms with Crippen molar-refractivity contribution < 1.29 is 23.4 Å². The zero-order valence-electron chi connectivity index (χ0n) is 24.2. The summed E-state index contributed by atoms with van der Waals surface area (Å²) in [5.41, 5.74) is 3.86. The number of aliphatic hydroxyl groups is 1. The first-order valence-corrected chi connectivity index (χ1v) is 15.5. The minimum absolute atomic E-state index is 0.0336. The summed E-state index contributed by atoms with van der Waals surface area (Å²) in [7, 11) is -2.23. The molecule has 0 spiro atoms. The summed E-state index contributed by atoms with van der Waals surface area (Å²) in [5, 5.41) is 25.4. The minimum Gasteiger partial charge on any atom is -0.478 e. The Hall–Kier alpha value is -3.82. The van der Waals surface area contributed by atoms with Crippen molar-refractivity contribution in [3.8, 4) is 11.1 Å². The van der Waals surface area contributed by atoms with Crippen molar-refractivity contribution in [3.05, 3.63) is 114 Å². The predicted octanol–water partition coefficient (Wildman–Crippen LogP) is 5.34. The molecule has 42 heavy (non-hydrogen) atoms. The number of rotatable bonds is 13. The molecule has 0 aliphatic heterocycles. The van der Waals surface area contributed by atoms with Crippen LogP contribution in [-0.4, -0.2) is 60.7 Å². The molecule has 7 nitrogen and oxygen atoms in total. The number of nitrogens with zero attached hydrogens (tertiary/aromatic N) is 1. The predicted molar refractivity (Wildman–Crippen MR) is 170 cm³/mol. The van der Waals surface area contributed by atoms with Gasteiger partial charge in [0.2, 0.25) is 10.0 Å². The van der Waals surface area contributed by atoms with E-state index in [1.807, 2.05) is 36.4 Å². The van der Waals surface area contributed by atoms with Crippen LogP contribution in [0.2, 0.25) is 0 Å². The first-order chi connectivity index (χ1) is 19.9. The monoisotopic (exact) mass is 586 g/mol. The molecule has 8 heteroatoms. The smallest absolute Gasteiger partial charge is 0.328 e.